The summed E-state index contributed by atoms with van der Waals surface area (Å²) >= 11 is 1.56. The van der Waals surface area contributed by atoms with Gasteiger partial charge in [-0.1, -0.05) is 111 Å². The summed E-state index contributed by atoms with van der Waals surface area (Å²) in [5, 5.41) is 14.3. The minimum Gasteiger partial charge on any atom is -0.368 e. The number of amides is 8. The smallest absolute Gasteiger partial charge is 0.251 e. The van der Waals surface area contributed by atoms with Crippen LogP contribution in [0.5, 0.6) is 0 Å². The first kappa shape index (κ1) is 68.4. The maximum atomic E-state index is 14.9. The molecule has 9 N–H and O–H groups in total. The van der Waals surface area contributed by atoms with E-state index in [1.54, 1.807) is 38.6 Å². The summed E-state index contributed by atoms with van der Waals surface area (Å²) in [6.07, 6.45) is 10.2. The molecule has 2 bridgehead atoms. The van der Waals surface area contributed by atoms with Crippen LogP contribution in [0.15, 0.2) is 115 Å². The van der Waals surface area contributed by atoms with E-state index in [0.717, 1.165) is 58.8 Å². The minimum atomic E-state index is -0.711. The van der Waals surface area contributed by atoms with Crippen LogP contribution in [0.25, 0.3) is 10.9 Å². The number of aromatic nitrogens is 1. The van der Waals surface area contributed by atoms with Gasteiger partial charge >= 0.3 is 0 Å². The second-order valence-electron chi connectivity index (χ2n) is 25.4. The van der Waals surface area contributed by atoms with E-state index in [-0.39, 0.29) is 125 Å². The fourth-order valence-corrected chi connectivity index (χ4v) is 12.6. The quantitative estimate of drug-likeness (QED) is 0.0346. The Balaban J connectivity index is 1.12. The van der Waals surface area contributed by atoms with Crippen molar-refractivity contribution >= 4 is 69.9 Å². The Kier molecular flexibility index (Phi) is 26.7. The second kappa shape index (κ2) is 35.2. The summed E-state index contributed by atoms with van der Waals surface area (Å²) < 4.78 is 0. The topological polar surface area (TPSA) is 265 Å². The van der Waals surface area contributed by atoms with Crippen molar-refractivity contribution in [2.45, 2.75) is 140 Å². The van der Waals surface area contributed by atoms with Crippen molar-refractivity contribution in [1.82, 2.24) is 45.9 Å². The Morgan fingerprint density at radius 1 is 0.633 bits per heavy atom. The molecular formula is C70H95N11O8S. The summed E-state index contributed by atoms with van der Waals surface area (Å²) in [6, 6.07) is 32.5. The van der Waals surface area contributed by atoms with Crippen LogP contribution in [-0.4, -0.2) is 167 Å². The molecule has 20 heteroatoms. The van der Waals surface area contributed by atoms with Crippen LogP contribution in [-0.2, 0) is 58.6 Å². The van der Waals surface area contributed by atoms with E-state index in [4.69, 9.17) is 11.5 Å². The van der Waals surface area contributed by atoms with E-state index in [2.05, 4.69) is 40.1 Å². The number of aromatic amines is 1. The summed E-state index contributed by atoms with van der Waals surface area (Å²) in [5.74, 6) is -0.860. The van der Waals surface area contributed by atoms with Gasteiger partial charge in [0.2, 0.25) is 41.4 Å². The lowest BCUT2D eigenvalue weighted by molar-refractivity contribution is -0.138. The van der Waals surface area contributed by atoms with Crippen LogP contribution in [0.4, 0.5) is 0 Å². The van der Waals surface area contributed by atoms with Gasteiger partial charge in [0, 0.05) is 111 Å². The molecule has 0 radical (unpaired) electrons. The summed E-state index contributed by atoms with van der Waals surface area (Å²) in [6.45, 7) is 4.69. The summed E-state index contributed by atoms with van der Waals surface area (Å²) in [4.78, 5) is 124. The first-order valence-electron chi connectivity index (χ1n) is 32.6. The molecule has 5 aromatic rings. The van der Waals surface area contributed by atoms with Crippen LogP contribution in [0.3, 0.4) is 0 Å². The number of hydrogen-bond acceptors (Lipinski definition) is 11. The molecule has 2 saturated carbocycles. The van der Waals surface area contributed by atoms with Gasteiger partial charge in [-0.05, 0) is 129 Å². The standard InChI is InChI=1S/C70H95N11O8S/c1-49(2)20-29-66(85)78-33-32-73-58(35-50-13-5-3-6-14-50)42-79(45-63(72)82)67(86)30-34-90-48-54-25-27-55(28-26-54)70(89)77-59(36-51-15-7-4-8-16-51)43-80(68(87)37-52-21-22-52)47-65(84)76-60(39-56-40-74-62-19-10-9-18-61(56)62)44-81(69(88)38-53-23-24-53)46-64(83)75-57(41-78)17-11-12-31-71/h3-10,13-16,18-19,25-28,40,49,52-53,57-60,73-74H,11-12,17,20-24,29-39,41-48,71H2,1-2H3,(H2,72,82)(H,75,83)(H,76,84)(H,77,89)/t57-,58-,59-,60-/m0/s1. The zero-order valence-corrected chi connectivity index (χ0v) is 53.5. The van der Waals surface area contributed by atoms with Crippen molar-refractivity contribution in [2.75, 3.05) is 71.2 Å². The third-order valence-corrected chi connectivity index (χ3v) is 18.1. The van der Waals surface area contributed by atoms with Crippen LogP contribution in [0.1, 0.15) is 124 Å². The molecule has 2 fully saturated rings. The van der Waals surface area contributed by atoms with Gasteiger partial charge in [0.15, 0.2) is 0 Å². The van der Waals surface area contributed by atoms with Gasteiger partial charge in [0.1, 0.15) is 0 Å². The Bertz CT molecular complexity index is 3140. The molecule has 4 aliphatic rings. The number of carbonyl (C=O) groups is 8. The highest BCUT2D eigenvalue weighted by atomic mass is 32.2. The number of nitrogens with one attached hydrogen (secondary N) is 5. The van der Waals surface area contributed by atoms with Gasteiger partial charge in [0.25, 0.3) is 5.91 Å². The molecular weight excluding hydrogens is 1150 g/mol. The van der Waals surface area contributed by atoms with Crippen LogP contribution < -0.4 is 32.7 Å². The van der Waals surface area contributed by atoms with Crippen LogP contribution >= 0.6 is 11.8 Å². The molecule has 2 aliphatic carbocycles. The molecule has 484 valence electrons. The normalized spacial score (nSPS) is 20.4. The van der Waals surface area contributed by atoms with Crippen molar-refractivity contribution < 1.29 is 38.4 Å². The van der Waals surface area contributed by atoms with E-state index < -0.39 is 35.8 Å². The predicted molar refractivity (Wildman–Crippen MR) is 354 cm³/mol. The van der Waals surface area contributed by atoms with Gasteiger partial charge in [-0.25, -0.2) is 0 Å². The maximum Gasteiger partial charge on any atom is 0.251 e. The summed E-state index contributed by atoms with van der Waals surface area (Å²) in [7, 11) is 0. The number of thioether (sulfide) groups is 1. The number of rotatable bonds is 19. The fourth-order valence-electron chi connectivity index (χ4n) is 11.8. The van der Waals surface area contributed by atoms with Gasteiger partial charge in [0.05, 0.1) is 31.7 Å². The molecule has 3 heterocycles. The maximum absolute atomic E-state index is 14.9. The molecule has 1 aromatic heterocycles. The first-order valence-corrected chi connectivity index (χ1v) is 33.7. The first-order chi connectivity index (χ1) is 43.5. The highest BCUT2D eigenvalue weighted by molar-refractivity contribution is 7.98. The molecule has 8 amide bonds. The molecule has 4 aromatic carbocycles. The largest absolute Gasteiger partial charge is 0.368 e. The number of fused-ring (bicyclic) bond motifs is 30. The highest BCUT2D eigenvalue weighted by Crippen LogP contribution is 2.34. The van der Waals surface area contributed by atoms with Gasteiger partial charge in [-0.2, -0.15) is 11.8 Å². The van der Waals surface area contributed by atoms with Gasteiger partial charge in [-0.15, -0.1) is 0 Å². The van der Waals surface area contributed by atoms with E-state index in [1.807, 2.05) is 103 Å². The lowest BCUT2D eigenvalue weighted by Crippen LogP contribution is -2.54. The van der Waals surface area contributed by atoms with Crippen LogP contribution in [0.2, 0.25) is 0 Å². The molecule has 2 aliphatic heterocycles. The van der Waals surface area contributed by atoms with Crippen molar-refractivity contribution in [3.05, 3.63) is 143 Å². The third kappa shape index (κ3) is 23.4. The van der Waals surface area contributed by atoms with Crippen molar-refractivity contribution in [3.8, 4) is 0 Å². The Morgan fingerprint density at radius 3 is 1.81 bits per heavy atom. The molecule has 9 rings (SSSR count). The summed E-state index contributed by atoms with van der Waals surface area (Å²) in [5.41, 5.74) is 16.9. The molecule has 0 spiro atoms. The monoisotopic (exact) mass is 1250 g/mol. The number of carbonyl (C=O) groups excluding carboxylic acids is 8. The number of primary amides is 1. The number of unbranched alkanes of at least 4 members (excludes halogenated alkanes) is 1. The predicted octanol–water partition coefficient (Wildman–Crippen LogP) is 6.52. The van der Waals surface area contributed by atoms with E-state index in [1.165, 1.54) is 4.90 Å². The third-order valence-electron chi connectivity index (χ3n) is 17.1. The Hall–Kier alpha value is -7.55. The lowest BCUT2D eigenvalue weighted by Gasteiger charge is -2.32. The van der Waals surface area contributed by atoms with Crippen molar-refractivity contribution in [3.63, 3.8) is 0 Å². The average Bonchev–Trinajstić information content (AvgIpc) is 2.01. The zero-order valence-electron chi connectivity index (χ0n) is 52.7. The Morgan fingerprint density at radius 2 is 1.21 bits per heavy atom. The van der Waals surface area contributed by atoms with Crippen molar-refractivity contribution in [1.29, 1.82) is 0 Å². The number of H-pyrrole nitrogens is 1. The lowest BCUT2D eigenvalue weighted by atomic mass is 10.0. The number of hydrogen-bond donors (Lipinski definition) is 7. The highest BCUT2D eigenvalue weighted by Gasteiger charge is 2.34. The average molecular weight is 1250 g/mol. The van der Waals surface area contributed by atoms with Gasteiger partial charge < -0.3 is 57.3 Å². The molecule has 19 nitrogen and oxygen atoms in total. The molecule has 4 atom stereocenters. The number of nitrogens with zero attached hydrogens (tertiary/aromatic N) is 4. The molecule has 0 saturated heterocycles. The minimum absolute atomic E-state index is 0.0135. The number of para-hydroxylation sites is 1. The SMILES string of the molecule is CC(C)CCC(=O)N1CCN[C@@H](Cc2ccccc2)CN(CC(N)=O)C(=O)CCSCc2ccc(cc2)C(=O)N[C@@H](Cc2ccccc2)CN(C(=O)CC2CC2)CC(=O)N[C@@H](Cc2c[nH]c3ccccc23)CN(C(=O)CC2CC2)CC(=O)N[C@@H](CCCCN)C1. The molecule has 90 heavy (non-hydrogen) atoms. The van der Waals surface area contributed by atoms with E-state index >= 15 is 0 Å². The van der Waals surface area contributed by atoms with Crippen LogP contribution in [0, 0.1) is 17.8 Å². The number of nitrogens with two attached hydrogens (primary N) is 2. The Labute approximate surface area is 535 Å². The fraction of sp³-hybridized carbons (Fsp3) is 0.514. The van der Waals surface area contributed by atoms with E-state index in [9.17, 15) is 38.4 Å². The van der Waals surface area contributed by atoms with E-state index in [0.29, 0.717) is 81.5 Å². The zero-order chi connectivity index (χ0) is 63.8. The van der Waals surface area contributed by atoms with Crippen molar-refractivity contribution in [2.24, 2.45) is 29.2 Å². The molecule has 0 unspecified atom stereocenters. The van der Waals surface area contributed by atoms with Gasteiger partial charge in [-0.3, -0.25) is 38.4 Å². The number of benzene rings is 4. The second-order valence-corrected chi connectivity index (χ2v) is 26.5.